The van der Waals surface area contributed by atoms with Crippen molar-refractivity contribution in [2.45, 2.75) is 63.7 Å². The number of morpholine rings is 1. The van der Waals surface area contributed by atoms with E-state index in [0.717, 1.165) is 45.2 Å². The van der Waals surface area contributed by atoms with Crippen LogP contribution in [0.25, 0.3) is 0 Å². The molecule has 1 aliphatic carbocycles. The number of hydrogen-bond donors (Lipinski definition) is 1. The minimum absolute atomic E-state index is 0.209. The molecule has 0 aromatic rings. The number of likely N-dealkylation sites (tertiary alicyclic amines) is 1. The lowest BCUT2D eigenvalue weighted by molar-refractivity contribution is -0.0989. The predicted octanol–water partition coefficient (Wildman–Crippen LogP) is 1.72. The van der Waals surface area contributed by atoms with E-state index in [1.165, 1.54) is 38.5 Å². The van der Waals surface area contributed by atoms with Gasteiger partial charge in [-0.3, -0.25) is 4.90 Å². The minimum Gasteiger partial charge on any atom is -0.390 e. The molecule has 0 spiro atoms. The topological polar surface area (TPSA) is 35.9 Å². The molecule has 0 aromatic heterocycles. The summed E-state index contributed by atoms with van der Waals surface area (Å²) in [5.41, 5.74) is 0. The highest BCUT2D eigenvalue weighted by atomic mass is 16.5. The summed E-state index contributed by atoms with van der Waals surface area (Å²) in [4.78, 5) is 4.95. The fraction of sp³-hybridized carbons (Fsp3) is 1.00. The van der Waals surface area contributed by atoms with E-state index in [4.69, 9.17) is 4.74 Å². The molecule has 122 valence electrons. The molecule has 3 aliphatic rings. The third-order valence-corrected chi connectivity index (χ3v) is 5.64. The van der Waals surface area contributed by atoms with Crippen molar-refractivity contribution in [1.29, 1.82) is 0 Å². The zero-order chi connectivity index (χ0) is 14.7. The minimum atomic E-state index is -0.209. The Morgan fingerprint density at radius 3 is 2.62 bits per heavy atom. The van der Waals surface area contributed by atoms with Crippen LogP contribution < -0.4 is 0 Å². The Labute approximate surface area is 129 Å². The second-order valence-corrected chi connectivity index (χ2v) is 7.39. The molecular weight excluding hydrogens is 264 g/mol. The molecule has 4 nitrogen and oxygen atoms in total. The maximum Gasteiger partial charge on any atom is 0.0793 e. The first-order valence-corrected chi connectivity index (χ1v) is 8.98. The molecule has 3 atom stereocenters. The molecule has 0 aromatic carbocycles. The standard InChI is InChI=1S/C17H32N2O2/c1-14-6-8-18(9-7-14)12-15(20)13-19-10-11-21-17-5-3-2-4-16(17)19/h14-17,20H,2-13H2,1H3. The van der Waals surface area contributed by atoms with E-state index in [0.29, 0.717) is 12.1 Å². The molecule has 0 amide bonds. The second kappa shape index (κ2) is 7.40. The summed E-state index contributed by atoms with van der Waals surface area (Å²) in [6.45, 7) is 8.17. The summed E-state index contributed by atoms with van der Waals surface area (Å²) < 4.78 is 5.92. The molecule has 3 rings (SSSR count). The molecule has 2 saturated heterocycles. The van der Waals surface area contributed by atoms with E-state index in [9.17, 15) is 5.11 Å². The van der Waals surface area contributed by atoms with Crippen LogP contribution in [0.3, 0.4) is 0 Å². The lowest BCUT2D eigenvalue weighted by Gasteiger charge is -2.44. The Morgan fingerprint density at radius 2 is 1.81 bits per heavy atom. The summed E-state index contributed by atoms with van der Waals surface area (Å²) >= 11 is 0. The van der Waals surface area contributed by atoms with E-state index in [1.807, 2.05) is 0 Å². The molecule has 2 aliphatic heterocycles. The number of nitrogens with zero attached hydrogens (tertiary/aromatic N) is 2. The van der Waals surface area contributed by atoms with Gasteiger partial charge in [0.05, 0.1) is 18.8 Å². The molecular formula is C17H32N2O2. The van der Waals surface area contributed by atoms with E-state index < -0.39 is 0 Å². The van der Waals surface area contributed by atoms with Gasteiger partial charge < -0.3 is 14.7 Å². The van der Waals surface area contributed by atoms with Crippen molar-refractivity contribution in [1.82, 2.24) is 9.80 Å². The average molecular weight is 296 g/mol. The van der Waals surface area contributed by atoms with Crippen LogP contribution in [0.4, 0.5) is 0 Å². The first kappa shape index (κ1) is 15.7. The van der Waals surface area contributed by atoms with Crippen LogP contribution in [0, 0.1) is 5.92 Å². The predicted molar refractivity (Wildman–Crippen MR) is 84.4 cm³/mol. The van der Waals surface area contributed by atoms with Gasteiger partial charge in [-0.25, -0.2) is 0 Å². The van der Waals surface area contributed by atoms with Crippen molar-refractivity contribution in [3.63, 3.8) is 0 Å². The van der Waals surface area contributed by atoms with Crippen molar-refractivity contribution in [2.75, 3.05) is 39.3 Å². The van der Waals surface area contributed by atoms with Gasteiger partial charge in [0.25, 0.3) is 0 Å². The van der Waals surface area contributed by atoms with E-state index in [2.05, 4.69) is 16.7 Å². The third-order valence-electron chi connectivity index (χ3n) is 5.64. The van der Waals surface area contributed by atoms with Gasteiger partial charge in [-0.1, -0.05) is 19.8 Å². The van der Waals surface area contributed by atoms with Crippen molar-refractivity contribution < 1.29 is 9.84 Å². The normalized spacial score (nSPS) is 34.6. The van der Waals surface area contributed by atoms with Gasteiger partial charge in [0.15, 0.2) is 0 Å². The number of β-amino-alcohol motifs (C(OH)–C–C–N with tert-alkyl or cyclic N) is 1. The highest BCUT2D eigenvalue weighted by molar-refractivity contribution is 4.88. The number of hydrogen-bond acceptors (Lipinski definition) is 4. The lowest BCUT2D eigenvalue weighted by Crippen LogP contribution is -2.55. The monoisotopic (exact) mass is 296 g/mol. The molecule has 1 saturated carbocycles. The van der Waals surface area contributed by atoms with Crippen LogP contribution in [0.1, 0.15) is 45.4 Å². The quantitative estimate of drug-likeness (QED) is 0.857. The first-order valence-electron chi connectivity index (χ1n) is 8.98. The van der Waals surface area contributed by atoms with E-state index in [-0.39, 0.29) is 6.10 Å². The van der Waals surface area contributed by atoms with Gasteiger partial charge in [0.2, 0.25) is 0 Å². The van der Waals surface area contributed by atoms with Gasteiger partial charge >= 0.3 is 0 Å². The summed E-state index contributed by atoms with van der Waals surface area (Å²) in [7, 11) is 0. The zero-order valence-corrected chi connectivity index (χ0v) is 13.5. The average Bonchev–Trinajstić information content (AvgIpc) is 2.50. The zero-order valence-electron chi connectivity index (χ0n) is 13.5. The fourth-order valence-electron chi connectivity index (χ4n) is 4.27. The van der Waals surface area contributed by atoms with Crippen molar-refractivity contribution in [2.24, 2.45) is 5.92 Å². The van der Waals surface area contributed by atoms with Crippen molar-refractivity contribution in [3.05, 3.63) is 0 Å². The second-order valence-electron chi connectivity index (χ2n) is 7.39. The first-order chi connectivity index (χ1) is 10.2. The van der Waals surface area contributed by atoms with Crippen molar-refractivity contribution >= 4 is 0 Å². The number of piperidine rings is 1. The number of fused-ring (bicyclic) bond motifs is 1. The van der Waals surface area contributed by atoms with E-state index >= 15 is 0 Å². The highest BCUT2D eigenvalue weighted by Gasteiger charge is 2.35. The number of rotatable bonds is 4. The SMILES string of the molecule is CC1CCN(CC(O)CN2CCOC3CCCCC32)CC1. The molecule has 0 bridgehead atoms. The number of aliphatic hydroxyl groups excluding tert-OH is 1. The van der Waals surface area contributed by atoms with Gasteiger partial charge in [-0.2, -0.15) is 0 Å². The Kier molecular flexibility index (Phi) is 5.54. The lowest BCUT2D eigenvalue weighted by atomic mass is 9.90. The number of ether oxygens (including phenoxy) is 1. The van der Waals surface area contributed by atoms with Crippen LogP contribution in [0.5, 0.6) is 0 Å². The Hall–Kier alpha value is -0.160. The van der Waals surface area contributed by atoms with Crippen LogP contribution in [-0.4, -0.2) is 72.5 Å². The van der Waals surface area contributed by atoms with Crippen LogP contribution >= 0.6 is 0 Å². The highest BCUT2D eigenvalue weighted by Crippen LogP contribution is 2.28. The Bertz CT molecular complexity index is 316. The van der Waals surface area contributed by atoms with Gasteiger partial charge in [-0.15, -0.1) is 0 Å². The maximum atomic E-state index is 10.5. The van der Waals surface area contributed by atoms with Crippen LogP contribution in [-0.2, 0) is 4.74 Å². The van der Waals surface area contributed by atoms with Crippen molar-refractivity contribution in [3.8, 4) is 0 Å². The van der Waals surface area contributed by atoms with Crippen LogP contribution in [0.15, 0.2) is 0 Å². The maximum absolute atomic E-state index is 10.5. The fourth-order valence-corrected chi connectivity index (χ4v) is 4.27. The van der Waals surface area contributed by atoms with Gasteiger partial charge in [0.1, 0.15) is 0 Å². The summed E-state index contributed by atoms with van der Waals surface area (Å²) in [6.07, 6.45) is 7.88. The van der Waals surface area contributed by atoms with Crippen LogP contribution in [0.2, 0.25) is 0 Å². The van der Waals surface area contributed by atoms with Gasteiger partial charge in [0, 0.05) is 25.7 Å². The summed E-state index contributed by atoms with van der Waals surface area (Å²) in [5.74, 6) is 0.862. The molecule has 2 heterocycles. The summed E-state index contributed by atoms with van der Waals surface area (Å²) in [6, 6.07) is 0.559. The summed E-state index contributed by atoms with van der Waals surface area (Å²) in [5, 5.41) is 10.5. The Balaban J connectivity index is 1.46. The number of aliphatic hydroxyl groups is 1. The third kappa shape index (κ3) is 4.19. The van der Waals surface area contributed by atoms with E-state index in [1.54, 1.807) is 0 Å². The van der Waals surface area contributed by atoms with Gasteiger partial charge in [-0.05, 0) is 44.7 Å². The molecule has 1 N–H and O–H groups in total. The molecule has 3 unspecified atom stereocenters. The largest absolute Gasteiger partial charge is 0.390 e. The molecule has 21 heavy (non-hydrogen) atoms. The molecule has 3 fully saturated rings. The molecule has 4 heteroatoms. The smallest absolute Gasteiger partial charge is 0.0793 e. The molecule has 0 radical (unpaired) electrons. The Morgan fingerprint density at radius 1 is 1.05 bits per heavy atom.